The summed E-state index contributed by atoms with van der Waals surface area (Å²) in [5.41, 5.74) is 3.99. The van der Waals surface area contributed by atoms with Crippen molar-refractivity contribution in [2.24, 2.45) is 7.05 Å². The number of thiazole rings is 1. The lowest BCUT2D eigenvalue weighted by Gasteiger charge is -2.31. The SMILES string of the molecule is Cn1ccn2ncc(C(=O)N[C@@H]3CCOC[C@H]3OCc3cscn3)c12. The average molecular weight is 361 g/mol. The van der Waals surface area contributed by atoms with Crippen LogP contribution >= 0.6 is 11.3 Å². The predicted molar refractivity (Wildman–Crippen MR) is 91.5 cm³/mol. The molecular weight excluding hydrogens is 342 g/mol. The van der Waals surface area contributed by atoms with Gasteiger partial charge in [-0.1, -0.05) is 0 Å². The number of imidazole rings is 1. The zero-order valence-electron chi connectivity index (χ0n) is 13.8. The van der Waals surface area contributed by atoms with Crippen molar-refractivity contribution in [1.82, 2.24) is 24.5 Å². The van der Waals surface area contributed by atoms with E-state index < -0.39 is 0 Å². The molecule has 1 saturated heterocycles. The number of nitrogens with one attached hydrogen (secondary N) is 1. The number of carbonyl (C=O) groups is 1. The van der Waals surface area contributed by atoms with E-state index in [-0.39, 0.29) is 18.1 Å². The first-order chi connectivity index (χ1) is 12.2. The molecule has 1 aliphatic heterocycles. The molecule has 3 aromatic rings. The van der Waals surface area contributed by atoms with Crippen LogP contribution in [0.25, 0.3) is 5.65 Å². The predicted octanol–water partition coefficient (Wildman–Crippen LogP) is 1.23. The number of amides is 1. The van der Waals surface area contributed by atoms with Crippen LogP contribution in [0.1, 0.15) is 22.5 Å². The van der Waals surface area contributed by atoms with Crippen LogP contribution in [0, 0.1) is 0 Å². The van der Waals surface area contributed by atoms with Crippen molar-refractivity contribution in [2.45, 2.75) is 25.2 Å². The van der Waals surface area contributed by atoms with E-state index in [4.69, 9.17) is 9.47 Å². The quantitative estimate of drug-likeness (QED) is 0.739. The van der Waals surface area contributed by atoms with Gasteiger partial charge in [-0.2, -0.15) is 5.10 Å². The molecule has 0 bridgehead atoms. The van der Waals surface area contributed by atoms with E-state index in [9.17, 15) is 4.79 Å². The molecule has 0 spiro atoms. The number of fused-ring (bicyclic) bond motifs is 1. The molecule has 1 aliphatic rings. The molecule has 0 unspecified atom stereocenters. The molecule has 4 heterocycles. The van der Waals surface area contributed by atoms with Crippen molar-refractivity contribution in [2.75, 3.05) is 13.2 Å². The van der Waals surface area contributed by atoms with Gasteiger partial charge in [0.1, 0.15) is 17.3 Å². The molecule has 0 aromatic carbocycles. The summed E-state index contributed by atoms with van der Waals surface area (Å²) < 4.78 is 15.0. The maximum Gasteiger partial charge on any atom is 0.257 e. The van der Waals surface area contributed by atoms with Crippen LogP contribution in [0.2, 0.25) is 0 Å². The number of nitrogens with zero attached hydrogens (tertiary/aromatic N) is 4. The summed E-state index contributed by atoms with van der Waals surface area (Å²) in [6, 6.07) is -0.102. The van der Waals surface area contributed by atoms with E-state index in [0.717, 1.165) is 11.3 Å². The van der Waals surface area contributed by atoms with Gasteiger partial charge >= 0.3 is 0 Å². The van der Waals surface area contributed by atoms with E-state index in [1.54, 1.807) is 16.2 Å². The molecule has 8 nitrogen and oxygen atoms in total. The molecule has 2 atom stereocenters. The van der Waals surface area contributed by atoms with E-state index in [0.29, 0.717) is 31.8 Å². The fourth-order valence-electron chi connectivity index (χ4n) is 3.00. The third-order valence-electron chi connectivity index (χ3n) is 4.33. The maximum absolute atomic E-state index is 12.7. The molecule has 9 heteroatoms. The lowest BCUT2D eigenvalue weighted by Crippen LogP contribution is -2.50. The summed E-state index contributed by atoms with van der Waals surface area (Å²) in [6.07, 6.45) is 5.80. The highest BCUT2D eigenvalue weighted by Crippen LogP contribution is 2.16. The topological polar surface area (TPSA) is 82.7 Å². The minimum atomic E-state index is -0.195. The Balaban J connectivity index is 1.45. The van der Waals surface area contributed by atoms with Gasteiger partial charge in [-0.15, -0.1) is 11.3 Å². The molecule has 0 saturated carbocycles. The second-order valence-electron chi connectivity index (χ2n) is 6.01. The summed E-state index contributed by atoms with van der Waals surface area (Å²) in [7, 11) is 1.89. The molecule has 1 amide bonds. The number of hydrogen-bond acceptors (Lipinski definition) is 6. The summed E-state index contributed by atoms with van der Waals surface area (Å²) in [4.78, 5) is 16.9. The van der Waals surface area contributed by atoms with Crippen molar-refractivity contribution >= 4 is 22.9 Å². The summed E-state index contributed by atoms with van der Waals surface area (Å²) in [5.74, 6) is -0.147. The standard InChI is InChI=1S/C16H19N5O3S/c1-20-3-4-21-16(20)12(6-18-21)15(22)19-13-2-5-23-8-14(13)24-7-11-9-25-10-17-11/h3-4,6,9-10,13-14H,2,5,7-8H2,1H3,(H,19,22)/t13-,14-/m1/s1. The third-order valence-corrected chi connectivity index (χ3v) is 4.96. The fourth-order valence-corrected chi connectivity index (χ4v) is 3.54. The van der Waals surface area contributed by atoms with E-state index in [2.05, 4.69) is 15.4 Å². The van der Waals surface area contributed by atoms with Gasteiger partial charge < -0.3 is 19.4 Å². The van der Waals surface area contributed by atoms with Gasteiger partial charge in [-0.3, -0.25) is 4.79 Å². The second-order valence-corrected chi connectivity index (χ2v) is 6.73. The highest BCUT2D eigenvalue weighted by molar-refractivity contribution is 7.07. The Morgan fingerprint density at radius 3 is 3.28 bits per heavy atom. The summed E-state index contributed by atoms with van der Waals surface area (Å²) in [5, 5.41) is 9.25. The Morgan fingerprint density at radius 1 is 1.52 bits per heavy atom. The maximum atomic E-state index is 12.7. The highest BCUT2D eigenvalue weighted by Gasteiger charge is 2.29. The van der Waals surface area contributed by atoms with E-state index in [1.165, 1.54) is 11.3 Å². The first-order valence-corrected chi connectivity index (χ1v) is 9.02. The normalized spacial score (nSPS) is 20.8. The van der Waals surface area contributed by atoms with Gasteiger partial charge in [0.05, 0.1) is 36.7 Å². The van der Waals surface area contributed by atoms with E-state index >= 15 is 0 Å². The second kappa shape index (κ2) is 6.95. The number of rotatable bonds is 5. The van der Waals surface area contributed by atoms with Gasteiger partial charge in [0.2, 0.25) is 0 Å². The molecule has 0 aliphatic carbocycles. The monoisotopic (exact) mass is 361 g/mol. The molecular formula is C16H19N5O3S. The summed E-state index contributed by atoms with van der Waals surface area (Å²) in [6.45, 7) is 1.48. The average Bonchev–Trinajstić information content (AvgIpc) is 3.33. The molecule has 4 rings (SSSR count). The molecule has 1 N–H and O–H groups in total. The van der Waals surface area contributed by atoms with Crippen LogP contribution in [0.4, 0.5) is 0 Å². The Bertz CT molecular complexity index is 857. The molecule has 3 aromatic heterocycles. The lowest BCUT2D eigenvalue weighted by atomic mass is 10.1. The summed E-state index contributed by atoms with van der Waals surface area (Å²) >= 11 is 1.54. The minimum absolute atomic E-state index is 0.102. The molecule has 0 radical (unpaired) electrons. The number of ether oxygens (including phenoxy) is 2. The molecule has 132 valence electrons. The van der Waals surface area contributed by atoms with Gasteiger partial charge in [-0.05, 0) is 6.42 Å². The zero-order chi connectivity index (χ0) is 17.2. The Labute approximate surface area is 148 Å². The fraction of sp³-hybridized carbons (Fsp3) is 0.438. The number of aryl methyl sites for hydroxylation is 1. The molecule has 1 fully saturated rings. The van der Waals surface area contributed by atoms with Crippen LogP contribution in [0.5, 0.6) is 0 Å². The number of aromatic nitrogens is 4. The van der Waals surface area contributed by atoms with Gasteiger partial charge in [0.25, 0.3) is 5.91 Å². The molecule has 25 heavy (non-hydrogen) atoms. The van der Waals surface area contributed by atoms with Gasteiger partial charge in [0, 0.05) is 31.4 Å². The first-order valence-electron chi connectivity index (χ1n) is 8.08. The highest BCUT2D eigenvalue weighted by atomic mass is 32.1. The van der Waals surface area contributed by atoms with Crippen LogP contribution < -0.4 is 5.32 Å². The Hall–Kier alpha value is -2.23. The van der Waals surface area contributed by atoms with Crippen molar-refractivity contribution in [1.29, 1.82) is 0 Å². The van der Waals surface area contributed by atoms with Crippen LogP contribution in [-0.4, -0.2) is 50.4 Å². The third kappa shape index (κ3) is 3.30. The minimum Gasteiger partial charge on any atom is -0.379 e. The Morgan fingerprint density at radius 2 is 2.44 bits per heavy atom. The Kier molecular flexibility index (Phi) is 4.51. The van der Waals surface area contributed by atoms with Crippen molar-refractivity contribution in [3.63, 3.8) is 0 Å². The van der Waals surface area contributed by atoms with Crippen LogP contribution in [0.3, 0.4) is 0 Å². The van der Waals surface area contributed by atoms with Crippen LogP contribution in [-0.2, 0) is 23.1 Å². The zero-order valence-corrected chi connectivity index (χ0v) is 14.6. The largest absolute Gasteiger partial charge is 0.379 e. The lowest BCUT2D eigenvalue weighted by molar-refractivity contribution is -0.0742. The van der Waals surface area contributed by atoms with Gasteiger partial charge in [-0.25, -0.2) is 9.50 Å². The van der Waals surface area contributed by atoms with Gasteiger partial charge in [0.15, 0.2) is 0 Å². The smallest absolute Gasteiger partial charge is 0.257 e. The van der Waals surface area contributed by atoms with Crippen LogP contribution in [0.15, 0.2) is 29.5 Å². The first kappa shape index (κ1) is 16.2. The van der Waals surface area contributed by atoms with E-state index in [1.807, 2.05) is 29.4 Å². The van der Waals surface area contributed by atoms with Crippen molar-refractivity contribution < 1.29 is 14.3 Å². The number of carbonyl (C=O) groups excluding carboxylic acids is 1. The van der Waals surface area contributed by atoms with Crippen molar-refractivity contribution in [3.8, 4) is 0 Å². The number of hydrogen-bond donors (Lipinski definition) is 1. The van der Waals surface area contributed by atoms with Crippen molar-refractivity contribution in [3.05, 3.63) is 40.7 Å².